The highest BCUT2D eigenvalue weighted by atomic mass is 19.2. The standard InChI is InChI=1S/C12H16F2/c1-3-4-6-9(2)10-7-5-8-11(13)12(10)14/h5,7-9H,3-4,6H2,1-2H3. The Bertz CT molecular complexity index is 294. The molecule has 1 aromatic carbocycles. The zero-order chi connectivity index (χ0) is 10.6. The Morgan fingerprint density at radius 3 is 2.64 bits per heavy atom. The monoisotopic (exact) mass is 198 g/mol. The summed E-state index contributed by atoms with van der Waals surface area (Å²) in [5.41, 5.74) is 0.499. The molecule has 0 radical (unpaired) electrons. The molecule has 1 unspecified atom stereocenters. The third kappa shape index (κ3) is 2.53. The maximum absolute atomic E-state index is 13.3. The van der Waals surface area contributed by atoms with E-state index >= 15 is 0 Å². The molecule has 0 nitrogen and oxygen atoms in total. The van der Waals surface area contributed by atoms with Gasteiger partial charge in [-0.2, -0.15) is 0 Å². The topological polar surface area (TPSA) is 0 Å². The van der Waals surface area contributed by atoms with Crippen LogP contribution in [0.5, 0.6) is 0 Å². The van der Waals surface area contributed by atoms with Gasteiger partial charge in [-0.05, 0) is 24.0 Å². The summed E-state index contributed by atoms with van der Waals surface area (Å²) in [6.07, 6.45) is 3.05. The second-order valence-electron chi connectivity index (χ2n) is 3.69. The highest BCUT2D eigenvalue weighted by molar-refractivity contribution is 5.22. The predicted octanol–water partition coefficient (Wildman–Crippen LogP) is 4.26. The Labute approximate surface area is 84.0 Å². The smallest absolute Gasteiger partial charge is 0.162 e. The number of unbranched alkanes of at least 4 members (excludes halogenated alkanes) is 1. The van der Waals surface area contributed by atoms with E-state index in [-0.39, 0.29) is 5.92 Å². The van der Waals surface area contributed by atoms with Crippen molar-refractivity contribution >= 4 is 0 Å². The molecule has 1 rings (SSSR count). The summed E-state index contributed by atoms with van der Waals surface area (Å²) in [4.78, 5) is 0. The van der Waals surface area contributed by atoms with Gasteiger partial charge < -0.3 is 0 Å². The molecule has 0 spiro atoms. The molecule has 0 N–H and O–H groups in total. The average molecular weight is 198 g/mol. The molecule has 0 aliphatic rings. The van der Waals surface area contributed by atoms with Crippen LogP contribution in [0.15, 0.2) is 18.2 Å². The minimum absolute atomic E-state index is 0.102. The van der Waals surface area contributed by atoms with Crippen LogP contribution in [0.2, 0.25) is 0 Å². The minimum Gasteiger partial charge on any atom is -0.204 e. The Balaban J connectivity index is 2.79. The molecule has 0 saturated carbocycles. The third-order valence-electron chi connectivity index (χ3n) is 2.50. The number of rotatable bonds is 4. The largest absolute Gasteiger partial charge is 0.204 e. The van der Waals surface area contributed by atoms with Crippen LogP contribution in [0.25, 0.3) is 0 Å². The maximum Gasteiger partial charge on any atom is 0.162 e. The van der Waals surface area contributed by atoms with Gasteiger partial charge in [-0.3, -0.25) is 0 Å². The summed E-state index contributed by atoms with van der Waals surface area (Å²) in [5, 5.41) is 0. The van der Waals surface area contributed by atoms with Crippen molar-refractivity contribution in [2.45, 2.75) is 39.0 Å². The zero-order valence-electron chi connectivity index (χ0n) is 8.69. The van der Waals surface area contributed by atoms with E-state index in [2.05, 4.69) is 6.92 Å². The molecule has 1 aromatic rings. The number of hydrogen-bond donors (Lipinski definition) is 0. The zero-order valence-corrected chi connectivity index (χ0v) is 8.69. The molecule has 0 heterocycles. The first-order chi connectivity index (χ1) is 6.66. The van der Waals surface area contributed by atoms with Crippen molar-refractivity contribution in [3.8, 4) is 0 Å². The Morgan fingerprint density at radius 1 is 1.29 bits per heavy atom. The van der Waals surface area contributed by atoms with Gasteiger partial charge in [-0.25, -0.2) is 8.78 Å². The van der Waals surface area contributed by atoms with Gasteiger partial charge in [-0.15, -0.1) is 0 Å². The molecule has 0 aliphatic heterocycles. The third-order valence-corrected chi connectivity index (χ3v) is 2.50. The number of halogens is 2. The predicted molar refractivity (Wildman–Crippen MR) is 54.3 cm³/mol. The van der Waals surface area contributed by atoms with E-state index in [0.29, 0.717) is 5.56 Å². The first-order valence-electron chi connectivity index (χ1n) is 5.10. The van der Waals surface area contributed by atoms with Crippen LogP contribution >= 0.6 is 0 Å². The second kappa shape index (κ2) is 5.08. The van der Waals surface area contributed by atoms with Gasteiger partial charge >= 0.3 is 0 Å². The molecular formula is C12H16F2. The molecule has 0 bridgehead atoms. The van der Waals surface area contributed by atoms with E-state index in [0.717, 1.165) is 25.3 Å². The molecule has 0 fully saturated rings. The number of hydrogen-bond acceptors (Lipinski definition) is 0. The van der Waals surface area contributed by atoms with Crippen LogP contribution in [0.4, 0.5) is 8.78 Å². The molecule has 0 saturated heterocycles. The van der Waals surface area contributed by atoms with Crippen molar-refractivity contribution in [1.82, 2.24) is 0 Å². The lowest BCUT2D eigenvalue weighted by molar-refractivity contribution is 0.484. The average Bonchev–Trinajstić information content (AvgIpc) is 2.18. The van der Waals surface area contributed by atoms with E-state index < -0.39 is 11.6 Å². The van der Waals surface area contributed by atoms with Crippen molar-refractivity contribution in [3.63, 3.8) is 0 Å². The Morgan fingerprint density at radius 2 is 2.00 bits per heavy atom. The van der Waals surface area contributed by atoms with Gasteiger partial charge in [0.2, 0.25) is 0 Å². The fourth-order valence-electron chi connectivity index (χ4n) is 1.57. The van der Waals surface area contributed by atoms with E-state index in [9.17, 15) is 8.78 Å². The SMILES string of the molecule is CCCCC(C)c1cccc(F)c1F. The van der Waals surface area contributed by atoms with Crippen LogP contribution in [0.1, 0.15) is 44.6 Å². The highest BCUT2D eigenvalue weighted by Gasteiger charge is 2.13. The second-order valence-corrected chi connectivity index (χ2v) is 3.69. The lowest BCUT2D eigenvalue weighted by Gasteiger charge is -2.12. The van der Waals surface area contributed by atoms with E-state index in [1.165, 1.54) is 0 Å². The maximum atomic E-state index is 13.3. The molecule has 0 amide bonds. The summed E-state index contributed by atoms with van der Waals surface area (Å²) in [6, 6.07) is 4.39. The van der Waals surface area contributed by atoms with Crippen molar-refractivity contribution in [2.24, 2.45) is 0 Å². The Hall–Kier alpha value is -0.920. The lowest BCUT2D eigenvalue weighted by atomic mass is 9.95. The Kier molecular flexibility index (Phi) is 4.05. The summed E-state index contributed by atoms with van der Waals surface area (Å²) in [6.45, 7) is 4.03. The normalized spacial score (nSPS) is 12.9. The first-order valence-corrected chi connectivity index (χ1v) is 5.10. The quantitative estimate of drug-likeness (QED) is 0.678. The van der Waals surface area contributed by atoms with Crippen LogP contribution < -0.4 is 0 Å². The van der Waals surface area contributed by atoms with Gasteiger partial charge in [0, 0.05) is 0 Å². The molecule has 2 heteroatoms. The van der Waals surface area contributed by atoms with Crippen molar-refractivity contribution < 1.29 is 8.78 Å². The van der Waals surface area contributed by atoms with E-state index in [1.807, 2.05) is 6.92 Å². The molecular weight excluding hydrogens is 182 g/mol. The van der Waals surface area contributed by atoms with Gasteiger partial charge in [0.25, 0.3) is 0 Å². The fourth-order valence-corrected chi connectivity index (χ4v) is 1.57. The van der Waals surface area contributed by atoms with Crippen LogP contribution in [0.3, 0.4) is 0 Å². The number of benzene rings is 1. The highest BCUT2D eigenvalue weighted by Crippen LogP contribution is 2.25. The van der Waals surface area contributed by atoms with Gasteiger partial charge in [-0.1, -0.05) is 38.8 Å². The fraction of sp³-hybridized carbons (Fsp3) is 0.500. The first kappa shape index (κ1) is 11.2. The van der Waals surface area contributed by atoms with Crippen molar-refractivity contribution in [2.75, 3.05) is 0 Å². The summed E-state index contributed by atoms with van der Waals surface area (Å²) in [7, 11) is 0. The molecule has 1 atom stereocenters. The molecule has 78 valence electrons. The lowest BCUT2D eigenvalue weighted by Crippen LogP contribution is -1.99. The van der Waals surface area contributed by atoms with Gasteiger partial charge in [0.1, 0.15) is 0 Å². The van der Waals surface area contributed by atoms with Crippen LogP contribution in [0, 0.1) is 11.6 Å². The minimum atomic E-state index is -0.745. The van der Waals surface area contributed by atoms with Crippen molar-refractivity contribution in [3.05, 3.63) is 35.4 Å². The summed E-state index contributed by atoms with van der Waals surface area (Å²) < 4.78 is 26.2. The van der Waals surface area contributed by atoms with Crippen LogP contribution in [-0.4, -0.2) is 0 Å². The summed E-state index contributed by atoms with van der Waals surface area (Å²) in [5.74, 6) is -1.33. The van der Waals surface area contributed by atoms with E-state index in [1.54, 1.807) is 12.1 Å². The van der Waals surface area contributed by atoms with Crippen LogP contribution in [-0.2, 0) is 0 Å². The van der Waals surface area contributed by atoms with E-state index in [4.69, 9.17) is 0 Å². The molecule has 0 aromatic heterocycles. The van der Waals surface area contributed by atoms with Gasteiger partial charge in [0.15, 0.2) is 11.6 Å². The van der Waals surface area contributed by atoms with Crippen molar-refractivity contribution in [1.29, 1.82) is 0 Å². The molecule has 14 heavy (non-hydrogen) atoms. The summed E-state index contributed by atoms with van der Waals surface area (Å²) >= 11 is 0. The van der Waals surface area contributed by atoms with Gasteiger partial charge in [0.05, 0.1) is 0 Å². The molecule has 0 aliphatic carbocycles.